The standard InChI is InChI=1S/C17H15BrN2OS/c18-14-8-6-13(7-9-14)16(15(10-19)17(20)21)22-11-12-4-2-1-3-5-12/h1-9,15-16H,11H2,(H2,20,21)/t15-,16-/m1/s1. The summed E-state index contributed by atoms with van der Waals surface area (Å²) in [5.41, 5.74) is 7.47. The van der Waals surface area contributed by atoms with Crippen LogP contribution in [0.4, 0.5) is 0 Å². The largest absolute Gasteiger partial charge is 0.368 e. The smallest absolute Gasteiger partial charge is 0.236 e. The Bertz CT molecular complexity index is 667. The SMILES string of the molecule is N#C[C@@H](C(N)=O)[C@H](SCc1ccccc1)c1ccc(Br)cc1. The first kappa shape index (κ1) is 16.6. The van der Waals surface area contributed by atoms with Gasteiger partial charge in [0, 0.05) is 10.2 Å². The summed E-state index contributed by atoms with van der Waals surface area (Å²) in [7, 11) is 0. The molecule has 0 aliphatic heterocycles. The van der Waals surface area contributed by atoms with Gasteiger partial charge in [0.05, 0.1) is 11.3 Å². The number of benzene rings is 2. The van der Waals surface area contributed by atoms with E-state index in [9.17, 15) is 10.1 Å². The van der Waals surface area contributed by atoms with Gasteiger partial charge in [-0.15, -0.1) is 11.8 Å². The molecule has 22 heavy (non-hydrogen) atoms. The van der Waals surface area contributed by atoms with E-state index in [1.165, 1.54) is 0 Å². The van der Waals surface area contributed by atoms with Gasteiger partial charge in [-0.2, -0.15) is 5.26 Å². The maximum absolute atomic E-state index is 11.6. The second-order valence-corrected chi connectivity index (χ2v) is 6.82. The van der Waals surface area contributed by atoms with Gasteiger partial charge >= 0.3 is 0 Å². The lowest BCUT2D eigenvalue weighted by Crippen LogP contribution is -2.26. The second kappa shape index (κ2) is 8.02. The van der Waals surface area contributed by atoms with E-state index in [4.69, 9.17) is 5.73 Å². The molecule has 0 bridgehead atoms. The molecule has 0 spiro atoms. The zero-order valence-corrected chi connectivity index (χ0v) is 14.2. The molecule has 2 rings (SSSR count). The number of carbonyl (C=O) groups is 1. The fourth-order valence-corrected chi connectivity index (χ4v) is 3.64. The lowest BCUT2D eigenvalue weighted by atomic mass is 9.99. The zero-order chi connectivity index (χ0) is 15.9. The van der Waals surface area contributed by atoms with E-state index >= 15 is 0 Å². The summed E-state index contributed by atoms with van der Waals surface area (Å²) in [5, 5.41) is 9.02. The molecule has 0 aliphatic rings. The van der Waals surface area contributed by atoms with E-state index in [-0.39, 0.29) is 5.25 Å². The molecule has 0 saturated heterocycles. The topological polar surface area (TPSA) is 66.9 Å². The predicted molar refractivity (Wildman–Crippen MR) is 92.9 cm³/mol. The highest BCUT2D eigenvalue weighted by molar-refractivity contribution is 9.10. The number of thioether (sulfide) groups is 1. The quantitative estimate of drug-likeness (QED) is 0.828. The van der Waals surface area contributed by atoms with Crippen LogP contribution < -0.4 is 5.73 Å². The van der Waals surface area contributed by atoms with E-state index in [1.54, 1.807) is 11.8 Å². The first-order valence-corrected chi connectivity index (χ1v) is 8.56. The molecule has 0 fully saturated rings. The Kier molecular flexibility index (Phi) is 6.05. The fourth-order valence-electron chi connectivity index (χ4n) is 2.08. The third-order valence-electron chi connectivity index (χ3n) is 3.22. The Morgan fingerprint density at radius 1 is 1.18 bits per heavy atom. The van der Waals surface area contributed by atoms with Crippen molar-refractivity contribution in [1.82, 2.24) is 0 Å². The van der Waals surface area contributed by atoms with Crippen LogP contribution in [0.3, 0.4) is 0 Å². The van der Waals surface area contributed by atoms with E-state index in [0.29, 0.717) is 5.75 Å². The van der Waals surface area contributed by atoms with E-state index in [2.05, 4.69) is 15.9 Å². The molecule has 3 nitrogen and oxygen atoms in total. The lowest BCUT2D eigenvalue weighted by molar-refractivity contribution is -0.120. The molecule has 0 aromatic heterocycles. The normalized spacial score (nSPS) is 13.1. The molecule has 0 aliphatic carbocycles. The molecule has 2 aromatic rings. The lowest BCUT2D eigenvalue weighted by Gasteiger charge is -2.20. The minimum absolute atomic E-state index is 0.282. The van der Waals surface area contributed by atoms with Crippen LogP contribution in [0.5, 0.6) is 0 Å². The number of hydrogen-bond acceptors (Lipinski definition) is 3. The van der Waals surface area contributed by atoms with Crippen LogP contribution in [0.15, 0.2) is 59.1 Å². The van der Waals surface area contributed by atoms with E-state index in [0.717, 1.165) is 15.6 Å². The van der Waals surface area contributed by atoms with Crippen LogP contribution in [-0.2, 0) is 10.5 Å². The fraction of sp³-hybridized carbons (Fsp3) is 0.176. The second-order valence-electron chi connectivity index (χ2n) is 4.78. The van der Waals surface area contributed by atoms with Crippen LogP contribution in [0.2, 0.25) is 0 Å². The van der Waals surface area contributed by atoms with Crippen molar-refractivity contribution in [1.29, 1.82) is 5.26 Å². The monoisotopic (exact) mass is 374 g/mol. The number of primary amides is 1. The van der Waals surface area contributed by atoms with Crippen molar-refractivity contribution >= 4 is 33.6 Å². The molecule has 2 atom stereocenters. The summed E-state index contributed by atoms with van der Waals surface area (Å²) < 4.78 is 0.954. The van der Waals surface area contributed by atoms with Gasteiger partial charge in [-0.25, -0.2) is 0 Å². The minimum Gasteiger partial charge on any atom is -0.368 e. The van der Waals surface area contributed by atoms with Gasteiger partial charge in [0.25, 0.3) is 0 Å². The molecule has 0 unspecified atom stereocenters. The van der Waals surface area contributed by atoms with Gasteiger partial charge in [-0.05, 0) is 23.3 Å². The van der Waals surface area contributed by atoms with Gasteiger partial charge in [0.2, 0.25) is 5.91 Å². The molecular formula is C17H15BrN2OS. The van der Waals surface area contributed by atoms with Crippen molar-refractivity contribution in [2.75, 3.05) is 0 Å². The van der Waals surface area contributed by atoms with Crippen molar-refractivity contribution in [2.24, 2.45) is 11.7 Å². The van der Waals surface area contributed by atoms with Crippen LogP contribution in [0.25, 0.3) is 0 Å². The highest BCUT2D eigenvalue weighted by Crippen LogP contribution is 2.38. The Labute approximate surface area is 142 Å². The van der Waals surface area contributed by atoms with Crippen LogP contribution in [0.1, 0.15) is 16.4 Å². The van der Waals surface area contributed by atoms with Crippen molar-refractivity contribution in [3.63, 3.8) is 0 Å². The number of hydrogen-bond donors (Lipinski definition) is 1. The van der Waals surface area contributed by atoms with Gasteiger partial charge in [0.15, 0.2) is 0 Å². The number of nitrogens with zero attached hydrogens (tertiary/aromatic N) is 1. The molecule has 2 N–H and O–H groups in total. The summed E-state index contributed by atoms with van der Waals surface area (Å²) in [6, 6.07) is 19.6. The number of carbonyl (C=O) groups excluding carboxylic acids is 1. The van der Waals surface area contributed by atoms with E-state index in [1.807, 2.05) is 60.7 Å². The number of halogens is 1. The summed E-state index contributed by atoms with van der Waals surface area (Å²) >= 11 is 4.95. The third-order valence-corrected chi connectivity index (χ3v) is 5.15. The summed E-state index contributed by atoms with van der Waals surface area (Å²) in [6.45, 7) is 0. The highest BCUT2D eigenvalue weighted by Gasteiger charge is 2.28. The summed E-state index contributed by atoms with van der Waals surface area (Å²) in [6.07, 6.45) is 0. The molecule has 0 saturated carbocycles. The number of rotatable bonds is 6. The first-order valence-electron chi connectivity index (χ1n) is 6.71. The average Bonchev–Trinajstić information content (AvgIpc) is 2.53. The predicted octanol–water partition coefficient (Wildman–Crippen LogP) is 4.05. The molecule has 2 aromatic carbocycles. The molecule has 0 heterocycles. The highest BCUT2D eigenvalue weighted by atomic mass is 79.9. The maximum Gasteiger partial charge on any atom is 0.236 e. The summed E-state index contributed by atoms with van der Waals surface area (Å²) in [4.78, 5) is 11.6. The molecule has 5 heteroatoms. The minimum atomic E-state index is -0.852. The van der Waals surface area contributed by atoms with Crippen molar-refractivity contribution in [2.45, 2.75) is 11.0 Å². The van der Waals surface area contributed by atoms with Crippen molar-refractivity contribution in [3.05, 3.63) is 70.2 Å². The van der Waals surface area contributed by atoms with E-state index < -0.39 is 11.8 Å². The molecule has 1 amide bonds. The van der Waals surface area contributed by atoms with Crippen molar-refractivity contribution < 1.29 is 4.79 Å². The maximum atomic E-state index is 11.6. The Hall–Kier alpha value is -1.77. The molecular weight excluding hydrogens is 360 g/mol. The van der Waals surface area contributed by atoms with Gasteiger partial charge < -0.3 is 5.73 Å². The zero-order valence-electron chi connectivity index (χ0n) is 11.8. The van der Waals surface area contributed by atoms with Crippen LogP contribution >= 0.6 is 27.7 Å². The summed E-state index contributed by atoms with van der Waals surface area (Å²) in [5.74, 6) is -0.724. The molecule has 0 radical (unpaired) electrons. The van der Waals surface area contributed by atoms with Crippen LogP contribution in [-0.4, -0.2) is 5.91 Å². The number of amides is 1. The Morgan fingerprint density at radius 3 is 2.36 bits per heavy atom. The Morgan fingerprint density at radius 2 is 1.82 bits per heavy atom. The third kappa shape index (κ3) is 4.36. The average molecular weight is 375 g/mol. The molecule has 112 valence electrons. The van der Waals surface area contributed by atoms with Crippen LogP contribution in [0, 0.1) is 17.2 Å². The van der Waals surface area contributed by atoms with Crippen molar-refractivity contribution in [3.8, 4) is 6.07 Å². The first-order chi connectivity index (χ1) is 10.6. The van der Waals surface area contributed by atoms with Gasteiger partial charge in [-0.3, -0.25) is 4.79 Å². The number of nitrogens with two attached hydrogens (primary N) is 1. The van der Waals surface area contributed by atoms with Gasteiger partial charge in [0.1, 0.15) is 5.92 Å². The van der Waals surface area contributed by atoms with Gasteiger partial charge in [-0.1, -0.05) is 58.4 Å². The Balaban J connectivity index is 2.23. The number of nitriles is 1.